The third-order valence-electron chi connectivity index (χ3n) is 6.99. The maximum absolute atomic E-state index is 9.12. The molecule has 5 rings (SSSR count). The first-order valence-electron chi connectivity index (χ1n) is 12.1. The standard InChI is InChI=1S/C30H30N4/c1-22-4-2-5-23(16-22)12-13-26-6-3-7-27-20-34(15-14-28(26)27)30(29-19-32-21-33-29)17-24-8-10-25(18-31)11-9-24/h2-11,16,19,21,30H,12-15,17,20H2,1H3,(H,32,33). The van der Waals surface area contributed by atoms with Crippen LogP contribution in [-0.4, -0.2) is 21.4 Å². The minimum Gasteiger partial charge on any atom is -0.347 e. The van der Waals surface area contributed by atoms with Crippen LogP contribution in [0.2, 0.25) is 0 Å². The van der Waals surface area contributed by atoms with Gasteiger partial charge in [0.15, 0.2) is 0 Å². The highest BCUT2D eigenvalue weighted by Crippen LogP contribution is 2.31. The van der Waals surface area contributed by atoms with Crippen molar-refractivity contribution in [2.75, 3.05) is 6.54 Å². The smallest absolute Gasteiger partial charge is 0.0991 e. The molecular formula is C30H30N4. The minimum atomic E-state index is 0.222. The van der Waals surface area contributed by atoms with Crippen LogP contribution in [0, 0.1) is 18.3 Å². The summed E-state index contributed by atoms with van der Waals surface area (Å²) in [5.74, 6) is 0. The fourth-order valence-electron chi connectivity index (χ4n) is 5.18. The van der Waals surface area contributed by atoms with Crippen LogP contribution in [-0.2, 0) is 32.2 Å². The third kappa shape index (κ3) is 4.95. The summed E-state index contributed by atoms with van der Waals surface area (Å²) in [5, 5.41) is 9.12. The summed E-state index contributed by atoms with van der Waals surface area (Å²) in [6, 6.07) is 26.1. The molecule has 1 aromatic heterocycles. The number of nitrogens with one attached hydrogen (secondary N) is 1. The maximum Gasteiger partial charge on any atom is 0.0991 e. The quantitative estimate of drug-likeness (QED) is 0.395. The number of rotatable bonds is 7. The Morgan fingerprint density at radius 3 is 2.65 bits per heavy atom. The van der Waals surface area contributed by atoms with Gasteiger partial charge in [-0.15, -0.1) is 0 Å². The Morgan fingerprint density at radius 2 is 1.88 bits per heavy atom. The number of fused-ring (bicyclic) bond motifs is 1. The fourth-order valence-corrected chi connectivity index (χ4v) is 5.18. The average molecular weight is 447 g/mol. The van der Waals surface area contributed by atoms with Gasteiger partial charge in [0.1, 0.15) is 0 Å². The normalized spacial score (nSPS) is 14.4. The van der Waals surface area contributed by atoms with E-state index in [4.69, 9.17) is 5.26 Å². The molecule has 1 N–H and O–H groups in total. The van der Waals surface area contributed by atoms with E-state index in [0.29, 0.717) is 5.56 Å². The van der Waals surface area contributed by atoms with Crippen molar-refractivity contribution in [1.82, 2.24) is 14.9 Å². The molecule has 170 valence electrons. The molecule has 0 aliphatic carbocycles. The van der Waals surface area contributed by atoms with Crippen LogP contribution < -0.4 is 0 Å². The van der Waals surface area contributed by atoms with E-state index in [-0.39, 0.29) is 6.04 Å². The summed E-state index contributed by atoms with van der Waals surface area (Å²) in [6.07, 6.45) is 7.83. The molecule has 4 heteroatoms. The number of aryl methyl sites for hydroxylation is 3. The SMILES string of the molecule is Cc1cccc(CCc2cccc3c2CCN(C(Cc2ccc(C#N)cc2)c2cnc[nH]2)C3)c1. The highest BCUT2D eigenvalue weighted by molar-refractivity contribution is 5.38. The molecule has 0 saturated carbocycles. The van der Waals surface area contributed by atoms with Crippen LogP contribution >= 0.6 is 0 Å². The van der Waals surface area contributed by atoms with Gasteiger partial charge in [0.2, 0.25) is 0 Å². The molecule has 1 atom stereocenters. The summed E-state index contributed by atoms with van der Waals surface area (Å²) in [7, 11) is 0. The summed E-state index contributed by atoms with van der Waals surface area (Å²) >= 11 is 0. The summed E-state index contributed by atoms with van der Waals surface area (Å²) in [4.78, 5) is 10.2. The zero-order valence-electron chi connectivity index (χ0n) is 19.7. The Balaban J connectivity index is 1.34. The van der Waals surface area contributed by atoms with Crippen molar-refractivity contribution in [2.24, 2.45) is 0 Å². The lowest BCUT2D eigenvalue weighted by Crippen LogP contribution is -2.36. The molecule has 0 saturated heterocycles. The largest absolute Gasteiger partial charge is 0.347 e. The van der Waals surface area contributed by atoms with E-state index in [2.05, 4.69) is 82.5 Å². The van der Waals surface area contributed by atoms with Gasteiger partial charge in [-0.3, -0.25) is 4.90 Å². The fraction of sp³-hybridized carbons (Fsp3) is 0.267. The van der Waals surface area contributed by atoms with Gasteiger partial charge in [-0.05, 0) is 72.6 Å². The van der Waals surface area contributed by atoms with Gasteiger partial charge < -0.3 is 4.98 Å². The molecule has 3 aromatic carbocycles. The van der Waals surface area contributed by atoms with E-state index >= 15 is 0 Å². The van der Waals surface area contributed by atoms with E-state index < -0.39 is 0 Å². The number of hydrogen-bond donors (Lipinski definition) is 1. The van der Waals surface area contributed by atoms with Crippen LogP contribution in [0.1, 0.15) is 50.7 Å². The number of nitriles is 1. The molecular weight excluding hydrogens is 416 g/mol. The predicted molar refractivity (Wildman–Crippen MR) is 135 cm³/mol. The number of hydrogen-bond acceptors (Lipinski definition) is 3. The van der Waals surface area contributed by atoms with E-state index in [1.54, 1.807) is 6.33 Å². The van der Waals surface area contributed by atoms with Gasteiger partial charge >= 0.3 is 0 Å². The Hall–Kier alpha value is -3.68. The Labute approximate surface area is 201 Å². The highest BCUT2D eigenvalue weighted by Gasteiger charge is 2.27. The first-order valence-corrected chi connectivity index (χ1v) is 12.1. The molecule has 0 fully saturated rings. The van der Waals surface area contributed by atoms with Gasteiger partial charge in [-0.25, -0.2) is 4.98 Å². The van der Waals surface area contributed by atoms with Gasteiger partial charge in [0.25, 0.3) is 0 Å². The third-order valence-corrected chi connectivity index (χ3v) is 6.99. The molecule has 1 aliphatic heterocycles. The van der Waals surface area contributed by atoms with Gasteiger partial charge in [-0.1, -0.05) is 60.2 Å². The Kier molecular flexibility index (Phi) is 6.56. The first kappa shape index (κ1) is 22.1. The number of imidazole rings is 1. The average Bonchev–Trinajstić information content (AvgIpc) is 3.41. The molecule has 0 spiro atoms. The Morgan fingerprint density at radius 1 is 1.03 bits per heavy atom. The molecule has 2 heterocycles. The lowest BCUT2D eigenvalue weighted by atomic mass is 9.89. The lowest BCUT2D eigenvalue weighted by molar-refractivity contribution is 0.174. The van der Waals surface area contributed by atoms with Crippen LogP contribution in [0.5, 0.6) is 0 Å². The minimum absolute atomic E-state index is 0.222. The molecule has 0 radical (unpaired) electrons. The molecule has 0 bridgehead atoms. The maximum atomic E-state index is 9.12. The van der Waals surface area contributed by atoms with Crippen molar-refractivity contribution in [3.8, 4) is 6.07 Å². The topological polar surface area (TPSA) is 55.7 Å². The molecule has 34 heavy (non-hydrogen) atoms. The van der Waals surface area contributed by atoms with Crippen LogP contribution in [0.25, 0.3) is 0 Å². The zero-order chi connectivity index (χ0) is 23.3. The monoisotopic (exact) mass is 446 g/mol. The van der Waals surface area contributed by atoms with Crippen LogP contribution in [0.4, 0.5) is 0 Å². The highest BCUT2D eigenvalue weighted by atomic mass is 15.2. The molecule has 4 nitrogen and oxygen atoms in total. The van der Waals surface area contributed by atoms with Crippen LogP contribution in [0.15, 0.2) is 79.3 Å². The molecule has 4 aromatic rings. The summed E-state index contributed by atoms with van der Waals surface area (Å²) in [5.41, 5.74) is 10.3. The summed E-state index contributed by atoms with van der Waals surface area (Å²) in [6.45, 7) is 4.12. The number of benzene rings is 3. The zero-order valence-corrected chi connectivity index (χ0v) is 19.7. The van der Waals surface area contributed by atoms with Crippen molar-refractivity contribution < 1.29 is 0 Å². The van der Waals surface area contributed by atoms with Crippen molar-refractivity contribution in [3.05, 3.63) is 124 Å². The molecule has 0 amide bonds. The number of aromatic amines is 1. The van der Waals surface area contributed by atoms with E-state index in [0.717, 1.165) is 44.5 Å². The van der Waals surface area contributed by atoms with Gasteiger partial charge in [-0.2, -0.15) is 5.26 Å². The lowest BCUT2D eigenvalue weighted by Gasteiger charge is -2.36. The van der Waals surface area contributed by atoms with E-state index in [9.17, 15) is 0 Å². The summed E-state index contributed by atoms with van der Waals surface area (Å²) < 4.78 is 0. The van der Waals surface area contributed by atoms with E-state index in [1.807, 2.05) is 18.3 Å². The second kappa shape index (κ2) is 10.1. The first-order chi connectivity index (χ1) is 16.7. The molecule has 1 unspecified atom stereocenters. The van der Waals surface area contributed by atoms with Crippen molar-refractivity contribution in [3.63, 3.8) is 0 Å². The second-order valence-corrected chi connectivity index (χ2v) is 9.30. The molecule has 1 aliphatic rings. The Bertz CT molecular complexity index is 1280. The number of H-pyrrole nitrogens is 1. The second-order valence-electron chi connectivity index (χ2n) is 9.30. The predicted octanol–water partition coefficient (Wildman–Crippen LogP) is 5.72. The van der Waals surface area contributed by atoms with Crippen molar-refractivity contribution in [2.45, 2.75) is 45.2 Å². The van der Waals surface area contributed by atoms with Crippen LogP contribution in [0.3, 0.4) is 0 Å². The van der Waals surface area contributed by atoms with Crippen molar-refractivity contribution in [1.29, 1.82) is 5.26 Å². The van der Waals surface area contributed by atoms with E-state index in [1.165, 1.54) is 33.4 Å². The van der Waals surface area contributed by atoms with Gasteiger partial charge in [0.05, 0.1) is 29.7 Å². The van der Waals surface area contributed by atoms with Crippen molar-refractivity contribution >= 4 is 0 Å². The van der Waals surface area contributed by atoms with Gasteiger partial charge in [0, 0.05) is 19.3 Å². The number of nitrogens with zero attached hydrogens (tertiary/aromatic N) is 3. The number of aromatic nitrogens is 2.